The van der Waals surface area contributed by atoms with E-state index in [2.05, 4.69) is 10.5 Å². The predicted molar refractivity (Wildman–Crippen MR) is 125 cm³/mol. The highest BCUT2D eigenvalue weighted by Gasteiger charge is 2.42. The number of nitrogens with zero attached hydrogens (tertiary/aromatic N) is 1. The molecule has 5 rings (SSSR count). The third kappa shape index (κ3) is 3.46. The van der Waals surface area contributed by atoms with E-state index < -0.39 is 5.92 Å². The number of Topliss-reactive ketones (excluding diaryl/α,β-unsaturated/α-hetero) is 1. The first-order chi connectivity index (χ1) is 16.4. The number of ketones is 1. The standard InChI is InChI=1S/C26H26N2O6/c1-13-23-24(17-11-21(32-3)22(33-4)12-20(17)31-2)25-18(27-26(23)34-28-13)9-15(10-19(25)30)14-5-7-16(29)8-6-14/h5-8,11-12,15,24,27,29H,9-10H2,1-4H3/t15-,24-/m0/s1. The maximum Gasteiger partial charge on any atom is 0.233 e. The molecule has 2 aliphatic rings. The zero-order valence-electron chi connectivity index (χ0n) is 19.5. The molecule has 3 aromatic rings. The van der Waals surface area contributed by atoms with Crippen LogP contribution in [0, 0.1) is 6.92 Å². The van der Waals surface area contributed by atoms with E-state index >= 15 is 0 Å². The van der Waals surface area contributed by atoms with Gasteiger partial charge in [0.25, 0.3) is 0 Å². The Hall–Kier alpha value is -3.94. The van der Waals surface area contributed by atoms with Crippen molar-refractivity contribution in [2.45, 2.75) is 31.6 Å². The number of phenolic OH excluding ortho intramolecular Hbond substituents is 1. The number of allylic oxidation sites excluding steroid dienone is 2. The number of rotatable bonds is 5. The Labute approximate surface area is 197 Å². The van der Waals surface area contributed by atoms with Crippen LogP contribution in [0.15, 0.2) is 52.2 Å². The van der Waals surface area contributed by atoms with Crippen LogP contribution in [0.1, 0.15) is 47.1 Å². The van der Waals surface area contributed by atoms with Crippen molar-refractivity contribution in [2.75, 3.05) is 26.6 Å². The summed E-state index contributed by atoms with van der Waals surface area (Å²) in [7, 11) is 4.73. The molecule has 1 aliphatic carbocycles. The number of carbonyl (C=O) groups excluding carboxylic acids is 1. The average Bonchev–Trinajstić information content (AvgIpc) is 3.22. The number of carbonyl (C=O) groups is 1. The number of aromatic hydroxyl groups is 1. The van der Waals surface area contributed by atoms with E-state index in [4.69, 9.17) is 18.7 Å². The van der Waals surface area contributed by atoms with E-state index in [0.717, 1.165) is 22.4 Å². The molecule has 0 bridgehead atoms. The second-order valence-electron chi connectivity index (χ2n) is 8.53. The lowest BCUT2D eigenvalue weighted by molar-refractivity contribution is -0.116. The van der Waals surface area contributed by atoms with Crippen molar-refractivity contribution in [2.24, 2.45) is 0 Å². The van der Waals surface area contributed by atoms with Crippen LogP contribution in [0.3, 0.4) is 0 Å². The number of fused-ring (bicyclic) bond motifs is 1. The molecule has 34 heavy (non-hydrogen) atoms. The Morgan fingerprint density at radius 2 is 1.68 bits per heavy atom. The predicted octanol–water partition coefficient (Wildman–Crippen LogP) is 4.67. The van der Waals surface area contributed by atoms with Crippen molar-refractivity contribution in [3.8, 4) is 23.0 Å². The number of benzene rings is 2. The normalized spacial score (nSPS) is 19.2. The minimum absolute atomic E-state index is 0.0159. The molecule has 2 aromatic carbocycles. The molecule has 0 spiro atoms. The van der Waals surface area contributed by atoms with Gasteiger partial charge < -0.3 is 29.2 Å². The van der Waals surface area contributed by atoms with Crippen LogP contribution >= 0.6 is 0 Å². The van der Waals surface area contributed by atoms with Gasteiger partial charge in [-0.1, -0.05) is 17.3 Å². The van der Waals surface area contributed by atoms with Crippen LogP contribution in [0.25, 0.3) is 0 Å². The molecule has 0 fully saturated rings. The second-order valence-corrected chi connectivity index (χ2v) is 8.53. The fourth-order valence-electron chi connectivity index (χ4n) is 5.04. The zero-order valence-corrected chi connectivity index (χ0v) is 19.5. The lowest BCUT2D eigenvalue weighted by Gasteiger charge is -2.35. The van der Waals surface area contributed by atoms with Gasteiger partial charge >= 0.3 is 0 Å². The summed E-state index contributed by atoms with van der Waals surface area (Å²) in [5.74, 6) is 1.98. The first-order valence-electron chi connectivity index (χ1n) is 11.0. The van der Waals surface area contributed by atoms with E-state index in [1.165, 1.54) is 0 Å². The Kier molecular flexibility index (Phi) is 5.43. The molecule has 1 aliphatic heterocycles. The van der Waals surface area contributed by atoms with E-state index in [9.17, 15) is 9.90 Å². The maximum absolute atomic E-state index is 13.7. The van der Waals surface area contributed by atoms with Crippen molar-refractivity contribution in [3.63, 3.8) is 0 Å². The summed E-state index contributed by atoms with van der Waals surface area (Å²) in [5.41, 5.74) is 4.77. The number of aryl methyl sites for hydroxylation is 1. The Morgan fingerprint density at radius 3 is 2.35 bits per heavy atom. The molecule has 8 nitrogen and oxygen atoms in total. The molecule has 0 saturated heterocycles. The van der Waals surface area contributed by atoms with Crippen LogP contribution < -0.4 is 19.5 Å². The van der Waals surface area contributed by atoms with E-state index in [1.807, 2.05) is 25.1 Å². The number of nitrogens with one attached hydrogen (secondary N) is 1. The third-order valence-electron chi connectivity index (χ3n) is 6.67. The fourth-order valence-corrected chi connectivity index (χ4v) is 5.04. The van der Waals surface area contributed by atoms with Crippen LogP contribution in [-0.4, -0.2) is 37.4 Å². The molecule has 0 radical (unpaired) electrons. The van der Waals surface area contributed by atoms with E-state index in [-0.39, 0.29) is 17.5 Å². The number of hydrogen-bond donors (Lipinski definition) is 2. The Bertz CT molecular complexity index is 1290. The highest BCUT2D eigenvalue weighted by molar-refractivity contribution is 6.01. The maximum atomic E-state index is 13.7. The second kappa shape index (κ2) is 8.44. The molecule has 2 heterocycles. The fraction of sp³-hybridized carbons (Fsp3) is 0.308. The number of hydrogen-bond acceptors (Lipinski definition) is 8. The number of ether oxygens (including phenoxy) is 3. The Morgan fingerprint density at radius 1 is 1.00 bits per heavy atom. The van der Waals surface area contributed by atoms with Gasteiger partial charge in [0.05, 0.1) is 38.5 Å². The van der Waals surface area contributed by atoms with Gasteiger partial charge in [-0.05, 0) is 43.0 Å². The number of anilines is 1. The van der Waals surface area contributed by atoms with Crippen LogP contribution in [-0.2, 0) is 4.79 Å². The van der Waals surface area contributed by atoms with Crippen molar-refractivity contribution < 1.29 is 28.6 Å². The lowest BCUT2D eigenvalue weighted by atomic mass is 9.72. The molecule has 176 valence electrons. The topological polar surface area (TPSA) is 103 Å². The summed E-state index contributed by atoms with van der Waals surface area (Å²) in [6, 6.07) is 10.6. The van der Waals surface area contributed by atoms with Crippen molar-refractivity contribution in [1.29, 1.82) is 0 Å². The summed E-state index contributed by atoms with van der Waals surface area (Å²) < 4.78 is 22.4. The molecule has 0 amide bonds. The van der Waals surface area contributed by atoms with E-state index in [1.54, 1.807) is 39.5 Å². The lowest BCUT2D eigenvalue weighted by Crippen LogP contribution is -2.29. The van der Waals surface area contributed by atoms with Gasteiger partial charge in [-0.25, -0.2) is 0 Å². The first-order valence-corrected chi connectivity index (χ1v) is 11.0. The van der Waals surface area contributed by atoms with Gasteiger partial charge in [0.1, 0.15) is 11.5 Å². The largest absolute Gasteiger partial charge is 0.508 e. The van der Waals surface area contributed by atoms with Crippen molar-refractivity contribution >= 4 is 11.7 Å². The quantitative estimate of drug-likeness (QED) is 0.564. The van der Waals surface area contributed by atoms with Gasteiger partial charge in [-0.15, -0.1) is 0 Å². The third-order valence-corrected chi connectivity index (χ3v) is 6.67. The summed E-state index contributed by atoms with van der Waals surface area (Å²) >= 11 is 0. The van der Waals surface area contributed by atoms with Crippen molar-refractivity contribution in [3.05, 3.63) is 70.1 Å². The van der Waals surface area contributed by atoms with Gasteiger partial charge in [0, 0.05) is 29.3 Å². The molecular weight excluding hydrogens is 436 g/mol. The monoisotopic (exact) mass is 462 g/mol. The molecule has 2 atom stereocenters. The number of methoxy groups -OCH3 is 3. The SMILES string of the molecule is COc1cc(OC)c([C@@H]2C3=C(C[C@H](c4ccc(O)cc4)CC3=O)Nc3onc(C)c32)cc1OC. The van der Waals surface area contributed by atoms with Crippen LogP contribution in [0.5, 0.6) is 23.0 Å². The molecule has 1 aromatic heterocycles. The van der Waals surface area contributed by atoms with Gasteiger partial charge in [0.15, 0.2) is 17.3 Å². The minimum Gasteiger partial charge on any atom is -0.508 e. The average molecular weight is 463 g/mol. The Balaban J connectivity index is 1.67. The van der Waals surface area contributed by atoms with Crippen LogP contribution in [0.2, 0.25) is 0 Å². The van der Waals surface area contributed by atoms with Gasteiger partial charge in [0.2, 0.25) is 5.88 Å². The van der Waals surface area contributed by atoms with E-state index in [0.29, 0.717) is 47.2 Å². The minimum atomic E-state index is -0.430. The molecule has 0 saturated carbocycles. The summed E-state index contributed by atoms with van der Waals surface area (Å²) in [5, 5.41) is 17.2. The zero-order chi connectivity index (χ0) is 24.0. The highest BCUT2D eigenvalue weighted by atomic mass is 16.5. The summed E-state index contributed by atoms with van der Waals surface area (Å²) in [6.07, 6.45) is 0.980. The van der Waals surface area contributed by atoms with Gasteiger partial charge in [-0.3, -0.25) is 4.79 Å². The molecule has 2 N–H and O–H groups in total. The van der Waals surface area contributed by atoms with Gasteiger partial charge in [-0.2, -0.15) is 0 Å². The molecule has 8 heteroatoms. The number of aromatic nitrogens is 1. The highest BCUT2D eigenvalue weighted by Crippen LogP contribution is 2.52. The van der Waals surface area contributed by atoms with Crippen LogP contribution in [0.4, 0.5) is 5.88 Å². The molecular formula is C26H26N2O6. The smallest absolute Gasteiger partial charge is 0.233 e. The number of phenols is 1. The molecule has 0 unspecified atom stereocenters. The summed E-state index contributed by atoms with van der Waals surface area (Å²) in [6.45, 7) is 1.86. The first kappa shape index (κ1) is 21.9. The summed E-state index contributed by atoms with van der Waals surface area (Å²) in [4.78, 5) is 13.7. The van der Waals surface area contributed by atoms with Crippen molar-refractivity contribution in [1.82, 2.24) is 5.16 Å².